The lowest BCUT2D eigenvalue weighted by Crippen LogP contribution is -2.70. The maximum Gasteiger partial charge on any atom is 0.336 e. The van der Waals surface area contributed by atoms with Crippen LogP contribution in [0.1, 0.15) is 19.8 Å². The summed E-state index contributed by atoms with van der Waals surface area (Å²) in [5.74, 6) is -3.23. The summed E-state index contributed by atoms with van der Waals surface area (Å²) in [6.45, 7) is 0.186. The van der Waals surface area contributed by atoms with Gasteiger partial charge in [-0.25, -0.2) is 4.79 Å². The SMILES string of the molecule is CO[C@@H]1OC(CO)[C@H](O)[C@H]2C1OCCC2[C@]1(C(=O)O)C[C@@H](O)[C@@H]2C(O1)C(C(O)CO)ON2C(C)O. The Labute approximate surface area is 201 Å². The Hall–Kier alpha value is -1.01. The molecular formula is C21H35NO13. The smallest absolute Gasteiger partial charge is 0.336 e. The second kappa shape index (κ2) is 10.4. The van der Waals surface area contributed by atoms with Gasteiger partial charge in [-0.3, -0.25) is 4.84 Å². The maximum absolute atomic E-state index is 12.9. The van der Waals surface area contributed by atoms with E-state index in [0.717, 1.165) is 5.06 Å². The van der Waals surface area contributed by atoms with Crippen LogP contribution in [-0.4, -0.2) is 141 Å². The molecule has 0 aromatic heterocycles. The van der Waals surface area contributed by atoms with Crippen LogP contribution in [0.4, 0.5) is 0 Å². The molecule has 0 bridgehead atoms. The normalized spacial score (nSPS) is 48.1. The van der Waals surface area contributed by atoms with Crippen molar-refractivity contribution in [1.29, 1.82) is 0 Å². The molecule has 4 aliphatic rings. The molecule has 0 amide bonds. The van der Waals surface area contributed by atoms with E-state index in [0.29, 0.717) is 0 Å². The molecule has 0 aromatic carbocycles. The molecule has 0 radical (unpaired) electrons. The molecule has 4 rings (SSSR count). The fourth-order valence-corrected chi connectivity index (χ4v) is 6.14. The van der Waals surface area contributed by atoms with Gasteiger partial charge >= 0.3 is 5.97 Å². The third-order valence-corrected chi connectivity index (χ3v) is 7.69. The molecule has 7 unspecified atom stereocenters. The minimum Gasteiger partial charge on any atom is -0.479 e. The molecule has 13 atom stereocenters. The molecule has 0 aliphatic carbocycles. The number of carbonyl (C=O) groups is 1. The molecule has 4 heterocycles. The number of ether oxygens (including phenoxy) is 4. The number of carboxylic acid groups (broad SMARTS) is 1. The molecule has 0 saturated carbocycles. The minimum atomic E-state index is -2.06. The van der Waals surface area contributed by atoms with Crippen molar-refractivity contribution in [3.63, 3.8) is 0 Å². The number of methoxy groups -OCH3 is 1. The molecule has 14 nitrogen and oxygen atoms in total. The summed E-state index contributed by atoms with van der Waals surface area (Å²) in [5, 5.41) is 73.4. The van der Waals surface area contributed by atoms with E-state index in [2.05, 4.69) is 0 Å². The Morgan fingerprint density at radius 3 is 2.51 bits per heavy atom. The Bertz CT molecular complexity index is 757. The lowest BCUT2D eigenvalue weighted by Gasteiger charge is -2.55. The standard InChI is InChI=1S/C21H35NO13/c1-8(25)22-14-10(26)5-21(20(29)30,34-18(14)16(35-22)11(27)6-23)9-3-4-32-17-13(9)15(28)12(7-24)33-19(17)31-2/h8-19,23-28H,3-7H2,1-2H3,(H,29,30)/t8?,9?,10-,11?,12?,13+,14-,15+,16?,17?,18?,19-,21+/m1/s1. The van der Waals surface area contributed by atoms with Gasteiger partial charge in [-0.05, 0) is 13.3 Å². The first-order valence-electron chi connectivity index (χ1n) is 11.7. The van der Waals surface area contributed by atoms with Crippen LogP contribution >= 0.6 is 0 Å². The zero-order valence-corrected chi connectivity index (χ0v) is 19.5. The average molecular weight is 510 g/mol. The van der Waals surface area contributed by atoms with Gasteiger partial charge in [-0.1, -0.05) is 0 Å². The quantitative estimate of drug-likeness (QED) is 0.177. The number of rotatable bonds is 7. The Morgan fingerprint density at radius 2 is 1.94 bits per heavy atom. The number of fused-ring (bicyclic) bond motifs is 2. The Morgan fingerprint density at radius 1 is 1.23 bits per heavy atom. The molecule has 4 aliphatic heterocycles. The van der Waals surface area contributed by atoms with E-state index in [1.54, 1.807) is 0 Å². The highest BCUT2D eigenvalue weighted by Crippen LogP contribution is 2.50. The van der Waals surface area contributed by atoms with Gasteiger partial charge in [0.25, 0.3) is 0 Å². The first kappa shape index (κ1) is 27.0. The van der Waals surface area contributed by atoms with Gasteiger partial charge in [0.05, 0.1) is 31.5 Å². The summed E-state index contributed by atoms with van der Waals surface area (Å²) in [4.78, 5) is 18.5. The summed E-state index contributed by atoms with van der Waals surface area (Å²) < 4.78 is 22.9. The maximum atomic E-state index is 12.9. The van der Waals surface area contributed by atoms with Crippen LogP contribution in [-0.2, 0) is 28.6 Å². The van der Waals surface area contributed by atoms with Crippen molar-refractivity contribution in [2.45, 2.75) is 86.7 Å². The van der Waals surface area contributed by atoms with E-state index in [4.69, 9.17) is 23.8 Å². The van der Waals surface area contributed by atoms with Crippen LogP contribution in [0.15, 0.2) is 0 Å². The lowest BCUT2D eigenvalue weighted by atomic mass is 9.65. The summed E-state index contributed by atoms with van der Waals surface area (Å²) >= 11 is 0. The highest BCUT2D eigenvalue weighted by molar-refractivity contribution is 5.78. The molecule has 4 fully saturated rings. The third-order valence-electron chi connectivity index (χ3n) is 7.69. The van der Waals surface area contributed by atoms with Crippen LogP contribution in [0.25, 0.3) is 0 Å². The fourth-order valence-electron chi connectivity index (χ4n) is 6.14. The summed E-state index contributed by atoms with van der Waals surface area (Å²) in [6, 6.07) is -1.03. The van der Waals surface area contributed by atoms with Crippen molar-refractivity contribution in [2.75, 3.05) is 26.9 Å². The van der Waals surface area contributed by atoms with E-state index >= 15 is 0 Å². The molecule has 0 spiro atoms. The third kappa shape index (κ3) is 4.39. The van der Waals surface area contributed by atoms with Crippen molar-refractivity contribution in [3.8, 4) is 0 Å². The lowest BCUT2D eigenvalue weighted by molar-refractivity contribution is -0.327. The Balaban J connectivity index is 1.74. The van der Waals surface area contributed by atoms with Crippen molar-refractivity contribution < 1.29 is 64.3 Å². The van der Waals surface area contributed by atoms with Gasteiger partial charge in [0.15, 0.2) is 11.9 Å². The number of aliphatic carboxylic acids is 1. The molecule has 14 heteroatoms. The van der Waals surface area contributed by atoms with Crippen LogP contribution < -0.4 is 0 Å². The second-order valence-electron chi connectivity index (χ2n) is 9.61. The van der Waals surface area contributed by atoms with E-state index in [-0.39, 0.29) is 13.0 Å². The van der Waals surface area contributed by atoms with Crippen molar-refractivity contribution in [3.05, 3.63) is 0 Å². The molecule has 202 valence electrons. The zero-order chi connectivity index (χ0) is 25.7. The van der Waals surface area contributed by atoms with Crippen LogP contribution in [0.3, 0.4) is 0 Å². The van der Waals surface area contributed by atoms with Crippen LogP contribution in [0.2, 0.25) is 0 Å². The molecule has 4 saturated heterocycles. The molecular weight excluding hydrogens is 474 g/mol. The first-order chi connectivity index (χ1) is 16.6. The molecule has 35 heavy (non-hydrogen) atoms. The number of hydrogen-bond acceptors (Lipinski definition) is 13. The highest BCUT2D eigenvalue weighted by Gasteiger charge is 2.66. The minimum absolute atomic E-state index is 0.0904. The van der Waals surface area contributed by atoms with Crippen molar-refractivity contribution in [1.82, 2.24) is 5.06 Å². The first-order valence-corrected chi connectivity index (χ1v) is 11.7. The van der Waals surface area contributed by atoms with Crippen molar-refractivity contribution >= 4 is 5.97 Å². The molecule has 7 N–H and O–H groups in total. The van der Waals surface area contributed by atoms with Crippen molar-refractivity contribution in [2.24, 2.45) is 11.8 Å². The zero-order valence-electron chi connectivity index (χ0n) is 19.5. The number of nitrogens with zero attached hydrogens (tertiary/aromatic N) is 1. The summed E-state index contributed by atoms with van der Waals surface area (Å²) in [6.07, 6.45) is -11.1. The summed E-state index contributed by atoms with van der Waals surface area (Å²) in [5.41, 5.74) is -2.06. The van der Waals surface area contributed by atoms with Gasteiger partial charge in [0, 0.05) is 32.0 Å². The number of hydrogen-bond donors (Lipinski definition) is 7. The van der Waals surface area contributed by atoms with Crippen LogP contribution in [0.5, 0.6) is 0 Å². The van der Waals surface area contributed by atoms with Gasteiger partial charge in [0.2, 0.25) is 0 Å². The topological polar surface area (TPSA) is 208 Å². The Kier molecular flexibility index (Phi) is 8.03. The van der Waals surface area contributed by atoms with Crippen LogP contribution in [0, 0.1) is 11.8 Å². The number of aliphatic hydroxyl groups excluding tert-OH is 6. The average Bonchev–Trinajstić information content (AvgIpc) is 3.23. The number of carboxylic acids is 1. The van der Waals surface area contributed by atoms with Gasteiger partial charge in [-0.2, -0.15) is 5.06 Å². The predicted molar refractivity (Wildman–Crippen MR) is 111 cm³/mol. The monoisotopic (exact) mass is 509 g/mol. The van der Waals surface area contributed by atoms with E-state index in [1.165, 1.54) is 14.0 Å². The van der Waals surface area contributed by atoms with E-state index in [1.807, 2.05) is 0 Å². The number of hydroxylamine groups is 2. The van der Waals surface area contributed by atoms with E-state index < -0.39 is 104 Å². The predicted octanol–water partition coefficient (Wildman–Crippen LogP) is -3.62. The largest absolute Gasteiger partial charge is 0.479 e. The number of aliphatic hydroxyl groups is 6. The van der Waals surface area contributed by atoms with Gasteiger partial charge in [0.1, 0.15) is 36.7 Å². The van der Waals surface area contributed by atoms with E-state index in [9.17, 15) is 40.5 Å². The highest BCUT2D eigenvalue weighted by atomic mass is 16.7. The fraction of sp³-hybridized carbons (Fsp3) is 0.952. The second-order valence-corrected chi connectivity index (χ2v) is 9.61. The van der Waals surface area contributed by atoms with Gasteiger partial charge in [-0.15, -0.1) is 0 Å². The molecule has 0 aromatic rings. The van der Waals surface area contributed by atoms with Gasteiger partial charge < -0.3 is 54.7 Å². The summed E-state index contributed by atoms with van der Waals surface area (Å²) in [7, 11) is 1.36.